The molecule has 1 atom stereocenters. The van der Waals surface area contributed by atoms with E-state index in [1.807, 2.05) is 23.0 Å². The van der Waals surface area contributed by atoms with E-state index in [2.05, 4.69) is 49.5 Å². The molecule has 1 unspecified atom stereocenters. The van der Waals surface area contributed by atoms with Gasteiger partial charge in [0.05, 0.1) is 18.8 Å². The maximum Gasteiger partial charge on any atom is 0.125 e. The minimum Gasteiger partial charge on any atom is -0.486 e. The smallest absolute Gasteiger partial charge is 0.125 e. The Morgan fingerprint density at radius 3 is 2.90 bits per heavy atom. The molecule has 0 fully saturated rings. The normalized spacial score (nSPS) is 19.6. The standard InChI is InChI=1S/C16H21N3O/c1-12-10-18-19(11-12)9-8-17-15-13-6-4-5-7-14(13)20-16(15,2)3/h4-7,10-11,15,17H,8-9H2,1-3H3. The van der Waals surface area contributed by atoms with Gasteiger partial charge in [-0.1, -0.05) is 18.2 Å². The number of nitrogens with zero attached hydrogens (tertiary/aromatic N) is 2. The Morgan fingerprint density at radius 1 is 1.35 bits per heavy atom. The van der Waals surface area contributed by atoms with E-state index in [0.29, 0.717) is 0 Å². The van der Waals surface area contributed by atoms with E-state index < -0.39 is 0 Å². The average molecular weight is 271 g/mol. The van der Waals surface area contributed by atoms with Gasteiger partial charge in [0.1, 0.15) is 11.4 Å². The molecule has 0 saturated carbocycles. The van der Waals surface area contributed by atoms with Gasteiger partial charge in [-0.05, 0) is 32.4 Å². The van der Waals surface area contributed by atoms with Crippen LogP contribution in [0.1, 0.15) is 31.0 Å². The molecular formula is C16H21N3O. The van der Waals surface area contributed by atoms with Crippen molar-refractivity contribution in [1.82, 2.24) is 15.1 Å². The lowest BCUT2D eigenvalue weighted by atomic mass is 9.94. The highest BCUT2D eigenvalue weighted by Gasteiger charge is 2.40. The van der Waals surface area contributed by atoms with E-state index in [1.54, 1.807) is 0 Å². The summed E-state index contributed by atoms with van der Waals surface area (Å²) >= 11 is 0. The number of aryl methyl sites for hydroxylation is 1. The van der Waals surface area contributed by atoms with Crippen molar-refractivity contribution in [3.05, 3.63) is 47.8 Å². The lowest BCUT2D eigenvalue weighted by Crippen LogP contribution is -2.40. The molecule has 4 nitrogen and oxygen atoms in total. The summed E-state index contributed by atoms with van der Waals surface area (Å²) in [6.07, 6.45) is 3.95. The number of rotatable bonds is 4. The van der Waals surface area contributed by atoms with Crippen LogP contribution in [0.5, 0.6) is 5.75 Å². The van der Waals surface area contributed by atoms with E-state index >= 15 is 0 Å². The summed E-state index contributed by atoms with van der Waals surface area (Å²) < 4.78 is 8.00. The van der Waals surface area contributed by atoms with Crippen LogP contribution in [0.2, 0.25) is 0 Å². The second kappa shape index (κ2) is 4.94. The predicted octanol–water partition coefficient (Wildman–Crippen LogP) is 2.69. The van der Waals surface area contributed by atoms with E-state index in [0.717, 1.165) is 18.8 Å². The van der Waals surface area contributed by atoms with Crippen molar-refractivity contribution < 1.29 is 4.74 Å². The maximum absolute atomic E-state index is 6.03. The molecule has 2 heterocycles. The molecule has 106 valence electrons. The predicted molar refractivity (Wildman–Crippen MR) is 78.9 cm³/mol. The Labute approximate surface area is 119 Å². The summed E-state index contributed by atoms with van der Waals surface area (Å²) in [5.41, 5.74) is 2.22. The van der Waals surface area contributed by atoms with Crippen molar-refractivity contribution in [1.29, 1.82) is 0 Å². The van der Waals surface area contributed by atoms with Crippen LogP contribution in [0.4, 0.5) is 0 Å². The van der Waals surface area contributed by atoms with Crippen molar-refractivity contribution in [2.24, 2.45) is 0 Å². The zero-order chi connectivity index (χ0) is 14.2. The second-order valence-electron chi connectivity index (χ2n) is 5.91. The molecular weight excluding hydrogens is 250 g/mol. The van der Waals surface area contributed by atoms with E-state index in [9.17, 15) is 0 Å². The molecule has 0 bridgehead atoms. The molecule has 2 aromatic rings. The minimum absolute atomic E-state index is 0.218. The van der Waals surface area contributed by atoms with Gasteiger partial charge in [-0.15, -0.1) is 0 Å². The van der Waals surface area contributed by atoms with Gasteiger partial charge >= 0.3 is 0 Å². The largest absolute Gasteiger partial charge is 0.486 e. The van der Waals surface area contributed by atoms with Crippen LogP contribution in [0.15, 0.2) is 36.7 Å². The van der Waals surface area contributed by atoms with Crippen molar-refractivity contribution in [2.75, 3.05) is 6.54 Å². The highest BCUT2D eigenvalue weighted by molar-refractivity contribution is 5.42. The summed E-state index contributed by atoms with van der Waals surface area (Å²) in [5.74, 6) is 0.991. The van der Waals surface area contributed by atoms with Gasteiger partial charge in [0.15, 0.2) is 0 Å². The number of fused-ring (bicyclic) bond motifs is 1. The highest BCUT2D eigenvalue weighted by Crippen LogP contribution is 2.42. The molecule has 1 aromatic carbocycles. The first kappa shape index (κ1) is 13.2. The first-order valence-corrected chi connectivity index (χ1v) is 7.07. The van der Waals surface area contributed by atoms with Crippen molar-refractivity contribution in [3.8, 4) is 5.75 Å². The molecule has 0 saturated heterocycles. The summed E-state index contributed by atoms with van der Waals surface area (Å²) in [6.45, 7) is 8.04. The van der Waals surface area contributed by atoms with Crippen LogP contribution >= 0.6 is 0 Å². The van der Waals surface area contributed by atoms with Crippen LogP contribution in [0.25, 0.3) is 0 Å². The summed E-state index contributed by atoms with van der Waals surface area (Å²) in [5, 5.41) is 7.91. The van der Waals surface area contributed by atoms with Gasteiger partial charge in [-0.25, -0.2) is 0 Å². The van der Waals surface area contributed by atoms with Crippen LogP contribution in [0.3, 0.4) is 0 Å². The van der Waals surface area contributed by atoms with Gasteiger partial charge in [-0.3, -0.25) is 4.68 Å². The van der Waals surface area contributed by atoms with Crippen LogP contribution in [-0.4, -0.2) is 21.9 Å². The molecule has 1 aliphatic heterocycles. The van der Waals surface area contributed by atoms with E-state index in [4.69, 9.17) is 4.74 Å². The molecule has 4 heteroatoms. The fraction of sp³-hybridized carbons (Fsp3) is 0.438. The number of aromatic nitrogens is 2. The van der Waals surface area contributed by atoms with Gasteiger partial charge in [0, 0.05) is 18.3 Å². The average Bonchev–Trinajstić information content (AvgIpc) is 2.91. The van der Waals surface area contributed by atoms with E-state index in [1.165, 1.54) is 11.1 Å². The van der Waals surface area contributed by atoms with Gasteiger partial charge in [-0.2, -0.15) is 5.10 Å². The first-order chi connectivity index (χ1) is 9.56. The second-order valence-corrected chi connectivity index (χ2v) is 5.91. The molecule has 1 aliphatic rings. The zero-order valence-electron chi connectivity index (χ0n) is 12.3. The van der Waals surface area contributed by atoms with Gasteiger partial charge in [0.2, 0.25) is 0 Å². The van der Waals surface area contributed by atoms with Crippen LogP contribution in [0, 0.1) is 6.92 Å². The number of benzene rings is 1. The Morgan fingerprint density at radius 2 is 2.15 bits per heavy atom. The fourth-order valence-electron chi connectivity index (χ4n) is 2.80. The molecule has 20 heavy (non-hydrogen) atoms. The Kier molecular flexibility index (Phi) is 3.26. The third kappa shape index (κ3) is 2.43. The summed E-state index contributed by atoms with van der Waals surface area (Å²) in [6, 6.07) is 8.48. The molecule has 0 radical (unpaired) electrons. The Bertz CT molecular complexity index is 603. The monoisotopic (exact) mass is 271 g/mol. The molecule has 0 aliphatic carbocycles. The molecule has 1 N–H and O–H groups in total. The lowest BCUT2D eigenvalue weighted by Gasteiger charge is -2.27. The SMILES string of the molecule is Cc1cnn(CCNC2c3ccccc3OC2(C)C)c1. The highest BCUT2D eigenvalue weighted by atomic mass is 16.5. The Balaban J connectivity index is 1.67. The Hall–Kier alpha value is -1.81. The minimum atomic E-state index is -0.219. The molecule has 0 spiro atoms. The van der Waals surface area contributed by atoms with Crippen LogP contribution in [-0.2, 0) is 6.54 Å². The van der Waals surface area contributed by atoms with Crippen LogP contribution < -0.4 is 10.1 Å². The summed E-state index contributed by atoms with van der Waals surface area (Å²) in [4.78, 5) is 0. The van der Waals surface area contributed by atoms with Gasteiger partial charge in [0.25, 0.3) is 0 Å². The van der Waals surface area contributed by atoms with Gasteiger partial charge < -0.3 is 10.1 Å². The van der Waals surface area contributed by atoms with Crippen molar-refractivity contribution in [2.45, 2.75) is 39.0 Å². The maximum atomic E-state index is 6.03. The number of para-hydroxylation sites is 1. The van der Waals surface area contributed by atoms with Crippen molar-refractivity contribution >= 4 is 0 Å². The third-order valence-corrected chi connectivity index (χ3v) is 3.75. The number of nitrogens with one attached hydrogen (secondary N) is 1. The molecule has 0 amide bonds. The van der Waals surface area contributed by atoms with E-state index in [-0.39, 0.29) is 11.6 Å². The topological polar surface area (TPSA) is 39.1 Å². The molecule has 3 rings (SSSR count). The van der Waals surface area contributed by atoms with Crippen molar-refractivity contribution in [3.63, 3.8) is 0 Å². The number of ether oxygens (including phenoxy) is 1. The first-order valence-electron chi connectivity index (χ1n) is 7.07. The summed E-state index contributed by atoms with van der Waals surface area (Å²) in [7, 11) is 0. The number of hydrogen-bond donors (Lipinski definition) is 1. The zero-order valence-corrected chi connectivity index (χ0v) is 12.3. The quantitative estimate of drug-likeness (QED) is 0.929. The third-order valence-electron chi connectivity index (χ3n) is 3.75. The number of hydrogen-bond acceptors (Lipinski definition) is 3. The fourth-order valence-corrected chi connectivity index (χ4v) is 2.80. The lowest BCUT2D eigenvalue weighted by molar-refractivity contribution is 0.0960. The molecule has 1 aromatic heterocycles.